The number of halogens is 1. The molecule has 0 bridgehead atoms. The van der Waals surface area contributed by atoms with Gasteiger partial charge < -0.3 is 14.8 Å². The highest BCUT2D eigenvalue weighted by Crippen LogP contribution is 2.38. The van der Waals surface area contributed by atoms with Crippen LogP contribution in [-0.4, -0.2) is 23.1 Å². The van der Waals surface area contributed by atoms with Crippen LogP contribution in [0.25, 0.3) is 6.08 Å². The summed E-state index contributed by atoms with van der Waals surface area (Å²) in [6, 6.07) is 17.5. The predicted octanol–water partition coefficient (Wildman–Crippen LogP) is 6.04. The van der Waals surface area contributed by atoms with Gasteiger partial charge in [-0.25, -0.2) is 4.99 Å². The quantitative estimate of drug-likeness (QED) is 0.237. The zero-order chi connectivity index (χ0) is 24.9. The van der Waals surface area contributed by atoms with Gasteiger partial charge in [-0.2, -0.15) is 0 Å². The number of hydrogen-bond acceptors (Lipinski definition) is 7. The van der Waals surface area contributed by atoms with Gasteiger partial charge in [0, 0.05) is 5.02 Å². The van der Waals surface area contributed by atoms with E-state index >= 15 is 0 Å². The van der Waals surface area contributed by atoms with Gasteiger partial charge >= 0.3 is 0 Å². The fourth-order valence-corrected chi connectivity index (χ4v) is 4.29. The third kappa shape index (κ3) is 5.64. The van der Waals surface area contributed by atoms with Crippen molar-refractivity contribution in [3.63, 3.8) is 0 Å². The molecule has 1 amide bonds. The average Bonchev–Trinajstić information content (AvgIpc) is 3.19. The van der Waals surface area contributed by atoms with E-state index in [0.29, 0.717) is 21.6 Å². The smallest absolute Gasteiger partial charge is 0.280 e. The van der Waals surface area contributed by atoms with Gasteiger partial charge in [0.2, 0.25) is 0 Å². The largest absolute Gasteiger partial charge is 0.493 e. The maximum Gasteiger partial charge on any atom is 0.280 e. The van der Waals surface area contributed by atoms with Crippen molar-refractivity contribution in [2.75, 3.05) is 7.11 Å². The third-order valence-electron chi connectivity index (χ3n) is 5.15. The number of nitro benzene ring substituents is 1. The first-order chi connectivity index (χ1) is 16.9. The van der Waals surface area contributed by atoms with Crippen molar-refractivity contribution in [2.45, 2.75) is 13.5 Å². The predicted molar refractivity (Wildman–Crippen MR) is 137 cm³/mol. The van der Waals surface area contributed by atoms with Crippen LogP contribution in [0.1, 0.15) is 16.7 Å². The van der Waals surface area contributed by atoms with Crippen LogP contribution < -0.4 is 14.8 Å². The van der Waals surface area contributed by atoms with E-state index in [1.807, 2.05) is 37.3 Å². The number of rotatable bonds is 7. The lowest BCUT2D eigenvalue weighted by atomic mass is 10.1. The molecule has 1 aliphatic heterocycles. The Morgan fingerprint density at radius 3 is 2.63 bits per heavy atom. The summed E-state index contributed by atoms with van der Waals surface area (Å²) in [4.78, 5) is 28.6. The van der Waals surface area contributed by atoms with Crippen LogP contribution in [0, 0.1) is 17.0 Å². The molecule has 1 fully saturated rings. The maximum absolute atomic E-state index is 12.6. The molecule has 178 valence electrons. The van der Waals surface area contributed by atoms with Gasteiger partial charge in [-0.3, -0.25) is 14.9 Å². The topological polar surface area (TPSA) is 103 Å². The molecule has 0 radical (unpaired) electrons. The van der Waals surface area contributed by atoms with Crippen molar-refractivity contribution in [1.82, 2.24) is 5.32 Å². The van der Waals surface area contributed by atoms with Crippen LogP contribution >= 0.6 is 23.4 Å². The van der Waals surface area contributed by atoms with Crippen molar-refractivity contribution in [3.05, 3.63) is 97.4 Å². The molecule has 0 aliphatic carbocycles. The Balaban J connectivity index is 1.64. The Morgan fingerprint density at radius 1 is 1.14 bits per heavy atom. The molecule has 0 spiro atoms. The molecule has 35 heavy (non-hydrogen) atoms. The second-order valence-electron chi connectivity index (χ2n) is 7.46. The summed E-state index contributed by atoms with van der Waals surface area (Å²) in [6.45, 7) is 2.05. The number of methoxy groups -OCH3 is 1. The number of nitrogens with zero attached hydrogens (tertiary/aromatic N) is 2. The Morgan fingerprint density at radius 2 is 1.91 bits per heavy atom. The minimum Gasteiger partial charge on any atom is -0.493 e. The van der Waals surface area contributed by atoms with E-state index in [-0.39, 0.29) is 28.5 Å². The molecule has 1 N–H and O–H groups in total. The molecule has 0 unspecified atom stereocenters. The van der Waals surface area contributed by atoms with Gasteiger partial charge in [0.05, 0.1) is 34.3 Å². The zero-order valence-corrected chi connectivity index (χ0v) is 20.4. The molecular weight excluding hydrogens is 490 g/mol. The first kappa shape index (κ1) is 24.3. The van der Waals surface area contributed by atoms with Gasteiger partial charge in [0.1, 0.15) is 6.61 Å². The van der Waals surface area contributed by atoms with E-state index in [4.69, 9.17) is 21.1 Å². The summed E-state index contributed by atoms with van der Waals surface area (Å²) in [6.07, 6.45) is 1.44. The Bertz CT molecular complexity index is 1360. The van der Waals surface area contributed by atoms with E-state index in [0.717, 1.165) is 22.9 Å². The van der Waals surface area contributed by atoms with E-state index in [1.165, 1.54) is 25.3 Å². The van der Waals surface area contributed by atoms with Crippen molar-refractivity contribution >= 4 is 51.9 Å². The summed E-state index contributed by atoms with van der Waals surface area (Å²) in [5.74, 6) is 0.128. The van der Waals surface area contributed by atoms with Crippen molar-refractivity contribution < 1.29 is 19.2 Å². The number of benzene rings is 3. The van der Waals surface area contributed by atoms with E-state index in [2.05, 4.69) is 10.3 Å². The lowest BCUT2D eigenvalue weighted by Gasteiger charge is -2.12. The molecule has 0 saturated carbocycles. The van der Waals surface area contributed by atoms with E-state index in [9.17, 15) is 14.9 Å². The van der Waals surface area contributed by atoms with Gasteiger partial charge in [0.15, 0.2) is 16.7 Å². The van der Waals surface area contributed by atoms with Crippen LogP contribution in [-0.2, 0) is 11.4 Å². The molecule has 1 aliphatic rings. The van der Waals surface area contributed by atoms with Crippen LogP contribution in [0.4, 0.5) is 11.4 Å². The first-order valence-corrected chi connectivity index (χ1v) is 11.6. The lowest BCUT2D eigenvalue weighted by Crippen LogP contribution is -2.19. The number of carbonyl (C=O) groups is 1. The van der Waals surface area contributed by atoms with Gasteiger partial charge in [-0.1, -0.05) is 48.0 Å². The van der Waals surface area contributed by atoms with Crippen LogP contribution in [0.5, 0.6) is 11.5 Å². The lowest BCUT2D eigenvalue weighted by molar-refractivity contribution is -0.385. The second kappa shape index (κ2) is 10.6. The number of aliphatic imine (C=N–C) groups is 1. The van der Waals surface area contributed by atoms with Crippen molar-refractivity contribution in [1.29, 1.82) is 0 Å². The third-order valence-corrected chi connectivity index (χ3v) is 6.46. The normalized spacial score (nSPS) is 15.3. The number of nitro groups is 1. The van der Waals surface area contributed by atoms with Gasteiger partial charge in [0.25, 0.3) is 11.6 Å². The summed E-state index contributed by atoms with van der Waals surface area (Å²) >= 11 is 7.23. The number of ether oxygens (including phenoxy) is 2. The number of thioether (sulfide) groups is 1. The number of amides is 1. The molecule has 0 aromatic heterocycles. The highest BCUT2D eigenvalue weighted by molar-refractivity contribution is 8.18. The number of hydrogen-bond donors (Lipinski definition) is 1. The highest BCUT2D eigenvalue weighted by Gasteiger charge is 2.27. The SMILES string of the molecule is COc1cc(/C=C2\SC(=Nc3cccc(Cl)c3C)NC2=O)c([N+](=O)[O-])cc1OCc1ccccc1. The molecular formula is C25H20ClN3O5S. The Kier molecular flexibility index (Phi) is 7.38. The number of nitrogens with one attached hydrogen (secondary N) is 1. The molecule has 3 aromatic rings. The summed E-state index contributed by atoms with van der Waals surface area (Å²) < 4.78 is 11.2. The first-order valence-electron chi connectivity index (χ1n) is 10.4. The second-order valence-corrected chi connectivity index (χ2v) is 8.90. The average molecular weight is 510 g/mol. The van der Waals surface area contributed by atoms with Crippen molar-refractivity contribution in [2.24, 2.45) is 4.99 Å². The Labute approximate surface area is 210 Å². The van der Waals surface area contributed by atoms with E-state index in [1.54, 1.807) is 18.2 Å². The minimum atomic E-state index is -0.525. The van der Waals surface area contributed by atoms with Crippen LogP contribution in [0.3, 0.4) is 0 Å². The molecule has 4 rings (SSSR count). The standard InChI is InChI=1S/C25H20ClN3O5S/c1-15-18(26)9-6-10-19(15)27-25-28-24(30)23(35-25)12-17-11-21(33-2)22(13-20(17)29(31)32)34-14-16-7-4-3-5-8-16/h3-13H,14H2,1-2H3,(H,27,28,30)/b23-12-. The maximum atomic E-state index is 12.6. The molecule has 0 atom stereocenters. The van der Waals surface area contributed by atoms with Crippen LogP contribution in [0.2, 0.25) is 5.02 Å². The monoisotopic (exact) mass is 509 g/mol. The van der Waals surface area contributed by atoms with Crippen LogP contribution in [0.15, 0.2) is 70.6 Å². The molecule has 10 heteroatoms. The number of amidine groups is 1. The minimum absolute atomic E-state index is 0.205. The molecule has 1 heterocycles. The summed E-state index contributed by atoms with van der Waals surface area (Å²) in [5, 5.41) is 15.4. The zero-order valence-electron chi connectivity index (χ0n) is 18.8. The van der Waals surface area contributed by atoms with E-state index < -0.39 is 10.8 Å². The summed E-state index contributed by atoms with van der Waals surface area (Å²) in [5.41, 5.74) is 2.29. The van der Waals surface area contributed by atoms with Gasteiger partial charge in [-0.15, -0.1) is 0 Å². The van der Waals surface area contributed by atoms with Gasteiger partial charge in [-0.05, 0) is 54.1 Å². The number of carbonyl (C=O) groups excluding carboxylic acids is 1. The highest BCUT2D eigenvalue weighted by atomic mass is 35.5. The molecule has 8 nitrogen and oxygen atoms in total. The fraction of sp³-hybridized carbons (Fsp3) is 0.120. The van der Waals surface area contributed by atoms with Crippen molar-refractivity contribution in [3.8, 4) is 11.5 Å². The Hall–Kier alpha value is -3.82. The fourth-order valence-electron chi connectivity index (χ4n) is 3.29. The molecule has 1 saturated heterocycles. The molecule has 3 aromatic carbocycles. The summed E-state index contributed by atoms with van der Waals surface area (Å²) in [7, 11) is 1.45.